The zero-order valence-corrected chi connectivity index (χ0v) is 21.9. The molecule has 2 aromatic rings. The van der Waals surface area contributed by atoms with Crippen molar-refractivity contribution < 1.29 is 9.47 Å². The average Bonchev–Trinajstić information content (AvgIpc) is 3.04. The van der Waals surface area contributed by atoms with Crippen LogP contribution in [0.15, 0.2) is 29.3 Å². The van der Waals surface area contributed by atoms with E-state index in [2.05, 4.69) is 47.8 Å². The van der Waals surface area contributed by atoms with Gasteiger partial charge in [-0.25, -0.2) is 0 Å². The van der Waals surface area contributed by atoms with Crippen LogP contribution in [0.1, 0.15) is 44.1 Å². The molecule has 7 nitrogen and oxygen atoms in total. The molecule has 0 amide bonds. The Bertz CT molecular complexity index is 807. The summed E-state index contributed by atoms with van der Waals surface area (Å²) in [5.41, 5.74) is 3.46. The first-order valence-corrected chi connectivity index (χ1v) is 11.0. The third-order valence-corrected chi connectivity index (χ3v) is 4.56. The molecule has 1 aromatic heterocycles. The molecule has 0 fully saturated rings. The number of guanidine groups is 1. The van der Waals surface area contributed by atoms with Gasteiger partial charge in [-0.05, 0) is 71.2 Å². The van der Waals surface area contributed by atoms with Crippen molar-refractivity contribution in [2.75, 3.05) is 32.8 Å². The molecule has 0 radical (unpaired) electrons. The lowest BCUT2D eigenvalue weighted by molar-refractivity contribution is 0.287. The first kappa shape index (κ1) is 27.1. The summed E-state index contributed by atoms with van der Waals surface area (Å²) in [5.74, 6) is 2.46. The van der Waals surface area contributed by atoms with E-state index in [9.17, 15) is 0 Å². The normalized spacial score (nSPS) is 11.1. The van der Waals surface area contributed by atoms with Crippen molar-refractivity contribution in [1.82, 2.24) is 20.4 Å². The van der Waals surface area contributed by atoms with Crippen molar-refractivity contribution >= 4 is 29.9 Å². The number of ether oxygens (including phenoxy) is 2. The maximum absolute atomic E-state index is 5.72. The molecule has 2 rings (SSSR count). The molecule has 0 bridgehead atoms. The molecule has 174 valence electrons. The van der Waals surface area contributed by atoms with E-state index in [1.807, 2.05) is 31.5 Å². The molecule has 0 aliphatic carbocycles. The molecular weight excluding hydrogens is 505 g/mol. The number of aliphatic imine (C=N–C) groups is 1. The second kappa shape index (κ2) is 14.9. The van der Waals surface area contributed by atoms with Crippen molar-refractivity contribution in [1.29, 1.82) is 0 Å². The lowest BCUT2D eigenvalue weighted by Crippen LogP contribution is -2.38. The summed E-state index contributed by atoms with van der Waals surface area (Å²) in [6, 6.07) is 8.25. The predicted octanol–water partition coefficient (Wildman–Crippen LogP) is 4.10. The molecule has 1 heterocycles. The minimum atomic E-state index is 0. The first-order valence-electron chi connectivity index (χ1n) is 11.0. The standard InChI is InChI=1S/C23H37N5O2.HI/c1-6-24-23(25-13-9-15-28-19(5)16-18(4)27-28)26-14-12-20-10-11-21(29-7-2)22(17-20)30-8-3;/h10-11,16-17H,6-9,12-15H2,1-5H3,(H2,24,25,26);1H. The van der Waals surface area contributed by atoms with Crippen LogP contribution in [-0.2, 0) is 13.0 Å². The van der Waals surface area contributed by atoms with Gasteiger partial charge < -0.3 is 20.1 Å². The minimum Gasteiger partial charge on any atom is -0.490 e. The molecule has 0 aliphatic heterocycles. The van der Waals surface area contributed by atoms with Gasteiger partial charge in [0.1, 0.15) is 0 Å². The summed E-state index contributed by atoms with van der Waals surface area (Å²) < 4.78 is 13.4. The van der Waals surface area contributed by atoms with E-state index in [-0.39, 0.29) is 24.0 Å². The summed E-state index contributed by atoms with van der Waals surface area (Å²) in [4.78, 5) is 4.69. The number of halogens is 1. The molecule has 0 unspecified atom stereocenters. The monoisotopic (exact) mass is 543 g/mol. The molecule has 0 aliphatic rings. The minimum absolute atomic E-state index is 0. The maximum Gasteiger partial charge on any atom is 0.191 e. The third kappa shape index (κ3) is 9.37. The van der Waals surface area contributed by atoms with E-state index >= 15 is 0 Å². The van der Waals surface area contributed by atoms with Crippen LogP contribution in [0.3, 0.4) is 0 Å². The van der Waals surface area contributed by atoms with Crippen LogP contribution in [0.5, 0.6) is 11.5 Å². The van der Waals surface area contributed by atoms with Crippen molar-refractivity contribution in [3.8, 4) is 11.5 Å². The highest BCUT2D eigenvalue weighted by atomic mass is 127. The van der Waals surface area contributed by atoms with Crippen LogP contribution >= 0.6 is 24.0 Å². The van der Waals surface area contributed by atoms with Crippen LogP contribution in [0.4, 0.5) is 0 Å². The maximum atomic E-state index is 5.72. The highest BCUT2D eigenvalue weighted by Gasteiger charge is 2.07. The highest BCUT2D eigenvalue weighted by Crippen LogP contribution is 2.28. The smallest absolute Gasteiger partial charge is 0.191 e. The van der Waals surface area contributed by atoms with Gasteiger partial charge in [-0.15, -0.1) is 24.0 Å². The van der Waals surface area contributed by atoms with Crippen LogP contribution in [0.25, 0.3) is 0 Å². The fraction of sp³-hybridized carbons (Fsp3) is 0.565. The second-order valence-electron chi connectivity index (χ2n) is 7.09. The van der Waals surface area contributed by atoms with E-state index < -0.39 is 0 Å². The van der Waals surface area contributed by atoms with Gasteiger partial charge in [-0.2, -0.15) is 5.10 Å². The molecule has 0 saturated carbocycles. The Morgan fingerprint density at radius 3 is 2.42 bits per heavy atom. The van der Waals surface area contributed by atoms with Gasteiger partial charge in [0.05, 0.1) is 18.9 Å². The number of benzene rings is 1. The number of hydrogen-bond donors (Lipinski definition) is 2. The van der Waals surface area contributed by atoms with Crippen LogP contribution in [-0.4, -0.2) is 48.6 Å². The van der Waals surface area contributed by atoms with Crippen molar-refractivity contribution in [2.24, 2.45) is 4.99 Å². The van der Waals surface area contributed by atoms with Gasteiger partial charge in [-0.3, -0.25) is 9.67 Å². The Labute approximate surface area is 204 Å². The molecule has 0 spiro atoms. The Morgan fingerprint density at radius 1 is 1.03 bits per heavy atom. The van der Waals surface area contributed by atoms with Gasteiger partial charge in [0, 0.05) is 31.9 Å². The summed E-state index contributed by atoms with van der Waals surface area (Å²) in [5, 5.41) is 11.2. The van der Waals surface area contributed by atoms with Crippen LogP contribution in [0.2, 0.25) is 0 Å². The SMILES string of the molecule is CCNC(=NCCCn1nc(C)cc1C)NCCc1ccc(OCC)c(OCC)c1.I. The molecule has 0 saturated heterocycles. The number of aryl methyl sites for hydroxylation is 3. The molecule has 1 aromatic carbocycles. The Kier molecular flexibility index (Phi) is 13.0. The van der Waals surface area contributed by atoms with E-state index in [0.29, 0.717) is 13.2 Å². The summed E-state index contributed by atoms with van der Waals surface area (Å²) >= 11 is 0. The Morgan fingerprint density at radius 2 is 1.77 bits per heavy atom. The fourth-order valence-electron chi connectivity index (χ4n) is 3.23. The number of aromatic nitrogens is 2. The van der Waals surface area contributed by atoms with E-state index in [1.165, 1.54) is 11.3 Å². The zero-order chi connectivity index (χ0) is 21.8. The van der Waals surface area contributed by atoms with Gasteiger partial charge in [0.25, 0.3) is 0 Å². The van der Waals surface area contributed by atoms with Crippen molar-refractivity contribution in [3.63, 3.8) is 0 Å². The van der Waals surface area contributed by atoms with E-state index in [1.54, 1.807) is 0 Å². The number of nitrogens with zero attached hydrogens (tertiary/aromatic N) is 3. The molecule has 8 heteroatoms. The van der Waals surface area contributed by atoms with E-state index in [0.717, 1.165) is 62.2 Å². The second-order valence-corrected chi connectivity index (χ2v) is 7.09. The van der Waals surface area contributed by atoms with Gasteiger partial charge in [-0.1, -0.05) is 6.07 Å². The molecule has 0 atom stereocenters. The number of nitrogens with one attached hydrogen (secondary N) is 2. The van der Waals surface area contributed by atoms with Gasteiger partial charge in [0.15, 0.2) is 17.5 Å². The Hall–Kier alpha value is -1.97. The molecule has 31 heavy (non-hydrogen) atoms. The number of rotatable bonds is 12. The molecular formula is C23H38IN5O2. The first-order chi connectivity index (χ1) is 14.6. The highest BCUT2D eigenvalue weighted by molar-refractivity contribution is 14.0. The number of hydrogen-bond acceptors (Lipinski definition) is 4. The Balaban J connectivity index is 0.00000480. The van der Waals surface area contributed by atoms with Crippen molar-refractivity contribution in [3.05, 3.63) is 41.2 Å². The fourth-order valence-corrected chi connectivity index (χ4v) is 3.23. The topological polar surface area (TPSA) is 72.7 Å². The lowest BCUT2D eigenvalue weighted by atomic mass is 10.1. The molecule has 2 N–H and O–H groups in total. The van der Waals surface area contributed by atoms with Crippen LogP contribution < -0.4 is 20.1 Å². The average molecular weight is 543 g/mol. The van der Waals surface area contributed by atoms with Crippen LogP contribution in [0, 0.1) is 13.8 Å². The largest absolute Gasteiger partial charge is 0.490 e. The van der Waals surface area contributed by atoms with E-state index in [4.69, 9.17) is 14.5 Å². The summed E-state index contributed by atoms with van der Waals surface area (Å²) in [6.07, 6.45) is 1.83. The summed E-state index contributed by atoms with van der Waals surface area (Å²) in [7, 11) is 0. The quantitative estimate of drug-likeness (QED) is 0.183. The third-order valence-electron chi connectivity index (χ3n) is 4.56. The predicted molar refractivity (Wildman–Crippen MR) is 138 cm³/mol. The van der Waals surface area contributed by atoms with Gasteiger partial charge >= 0.3 is 0 Å². The summed E-state index contributed by atoms with van der Waals surface area (Å²) in [6.45, 7) is 14.7. The van der Waals surface area contributed by atoms with Crippen molar-refractivity contribution in [2.45, 2.75) is 54.0 Å². The zero-order valence-electron chi connectivity index (χ0n) is 19.5. The van der Waals surface area contributed by atoms with Gasteiger partial charge in [0.2, 0.25) is 0 Å². The lowest BCUT2D eigenvalue weighted by Gasteiger charge is -2.14.